The van der Waals surface area contributed by atoms with Gasteiger partial charge in [0.1, 0.15) is 19.8 Å². The number of nitrogens with zero attached hydrogens (tertiary/aromatic N) is 1. The summed E-state index contributed by atoms with van der Waals surface area (Å²) in [6.07, 6.45) is 43.7. The number of hydrogen-bond donors (Lipinski definition) is 3. The van der Waals surface area contributed by atoms with E-state index in [4.69, 9.17) is 18.5 Å². The van der Waals surface area contributed by atoms with Crippen LogP contribution < -0.4 is 0 Å². The molecule has 0 saturated carbocycles. The first-order valence-electron chi connectivity index (χ1n) is 21.6. The third-order valence-electron chi connectivity index (χ3n) is 8.73. The molecule has 1 unspecified atom stereocenters. The van der Waals surface area contributed by atoms with Crippen LogP contribution in [0.3, 0.4) is 0 Å². The minimum Gasteiger partial charge on any atom is -0.492 e. The minimum absolute atomic E-state index is 0.0528. The molecule has 328 valence electrons. The van der Waals surface area contributed by atoms with Crippen LogP contribution in [0.4, 0.5) is 0 Å². The van der Waals surface area contributed by atoms with E-state index >= 15 is 0 Å². The second-order valence-corrected chi connectivity index (χ2v) is 16.9. The van der Waals surface area contributed by atoms with Gasteiger partial charge in [0, 0.05) is 6.42 Å². The Bertz CT molecular complexity index is 1220. The molecule has 0 aromatic heterocycles. The lowest BCUT2D eigenvalue weighted by Gasteiger charge is -2.24. The number of esters is 1. The first-order chi connectivity index (χ1) is 27.4. The summed E-state index contributed by atoms with van der Waals surface area (Å²) in [5.74, 6) is -0.417. The van der Waals surface area contributed by atoms with Crippen molar-refractivity contribution in [2.75, 3.05) is 47.5 Å². The molecular formula is C46H81NO9P+. The number of ether oxygens (including phenoxy) is 2. The maximum Gasteiger partial charge on any atom is 0.472 e. The Labute approximate surface area is 347 Å². The van der Waals surface area contributed by atoms with E-state index in [1.165, 1.54) is 64.2 Å². The van der Waals surface area contributed by atoms with Crippen LogP contribution in [-0.2, 0) is 27.9 Å². The van der Waals surface area contributed by atoms with Gasteiger partial charge in [0.05, 0.1) is 46.2 Å². The molecule has 0 spiro atoms. The summed E-state index contributed by atoms with van der Waals surface area (Å²) < 4.78 is 34.6. The van der Waals surface area contributed by atoms with E-state index in [1.807, 2.05) is 75.8 Å². The fourth-order valence-corrected chi connectivity index (χ4v) is 6.02. The number of rotatable bonds is 38. The molecular weight excluding hydrogens is 741 g/mol. The Kier molecular flexibility index (Phi) is 36.0. The van der Waals surface area contributed by atoms with Gasteiger partial charge in [-0.25, -0.2) is 4.57 Å². The molecule has 0 aliphatic heterocycles. The van der Waals surface area contributed by atoms with Crippen molar-refractivity contribution in [3.8, 4) is 0 Å². The highest BCUT2D eigenvalue weighted by Crippen LogP contribution is 2.43. The van der Waals surface area contributed by atoms with E-state index in [1.54, 1.807) is 30.6 Å². The van der Waals surface area contributed by atoms with E-state index in [0.717, 1.165) is 32.1 Å². The number of phosphoric ester groups is 1. The molecule has 3 N–H and O–H groups in total. The Morgan fingerprint density at radius 2 is 1.30 bits per heavy atom. The van der Waals surface area contributed by atoms with Crippen molar-refractivity contribution in [2.45, 2.75) is 154 Å². The summed E-state index contributed by atoms with van der Waals surface area (Å²) in [5.41, 5.74) is 0. The Balaban J connectivity index is 4.56. The lowest BCUT2D eigenvalue weighted by Crippen LogP contribution is -2.37. The summed E-state index contributed by atoms with van der Waals surface area (Å²) in [6.45, 7) is 4.47. The molecule has 0 aromatic carbocycles. The lowest BCUT2D eigenvalue weighted by atomic mass is 10.0. The van der Waals surface area contributed by atoms with Crippen LogP contribution in [0.15, 0.2) is 85.3 Å². The van der Waals surface area contributed by atoms with Gasteiger partial charge < -0.3 is 29.1 Å². The van der Waals surface area contributed by atoms with Gasteiger partial charge in [-0.05, 0) is 51.0 Å². The van der Waals surface area contributed by atoms with Gasteiger partial charge in [0.2, 0.25) is 0 Å². The summed E-state index contributed by atoms with van der Waals surface area (Å²) in [4.78, 5) is 22.6. The van der Waals surface area contributed by atoms with Crippen molar-refractivity contribution >= 4 is 13.8 Å². The quantitative estimate of drug-likeness (QED) is 0.0106. The Morgan fingerprint density at radius 1 is 0.684 bits per heavy atom. The van der Waals surface area contributed by atoms with Gasteiger partial charge in [-0.1, -0.05) is 157 Å². The second kappa shape index (κ2) is 37.7. The lowest BCUT2D eigenvalue weighted by molar-refractivity contribution is -0.870. The number of likely N-dealkylation sites (N-methyl/N-ethyl adjacent to an activating group) is 1. The van der Waals surface area contributed by atoms with Crippen molar-refractivity contribution in [3.05, 3.63) is 85.3 Å². The molecule has 0 bridgehead atoms. The van der Waals surface area contributed by atoms with Gasteiger partial charge in [0.25, 0.3) is 0 Å². The number of hydrogen-bond acceptors (Lipinski definition) is 8. The van der Waals surface area contributed by atoms with E-state index in [0.29, 0.717) is 30.3 Å². The number of unbranched alkanes of at least 4 members (excludes halogenated alkanes) is 13. The highest BCUT2D eigenvalue weighted by molar-refractivity contribution is 7.47. The summed E-state index contributed by atoms with van der Waals surface area (Å²) >= 11 is 0. The molecule has 0 rings (SSSR count). The molecule has 11 heteroatoms. The van der Waals surface area contributed by atoms with Crippen LogP contribution in [0.1, 0.15) is 136 Å². The first-order valence-corrected chi connectivity index (χ1v) is 23.1. The molecule has 0 fully saturated rings. The highest BCUT2D eigenvalue weighted by atomic mass is 31.2. The predicted molar refractivity (Wildman–Crippen MR) is 236 cm³/mol. The predicted octanol–water partition coefficient (Wildman–Crippen LogP) is 10.8. The second-order valence-electron chi connectivity index (χ2n) is 15.5. The maximum absolute atomic E-state index is 12.5. The number of carbonyl (C=O) groups excluding carboxylic acids is 1. The molecule has 0 aliphatic rings. The molecule has 0 amide bonds. The zero-order valence-corrected chi connectivity index (χ0v) is 37.2. The topological polar surface area (TPSA) is 132 Å². The van der Waals surface area contributed by atoms with Crippen molar-refractivity contribution in [1.82, 2.24) is 0 Å². The molecule has 0 aliphatic carbocycles. The summed E-state index contributed by atoms with van der Waals surface area (Å²) in [7, 11) is 1.55. The van der Waals surface area contributed by atoms with E-state index < -0.39 is 32.1 Å². The fourth-order valence-electron chi connectivity index (χ4n) is 5.28. The zero-order chi connectivity index (χ0) is 42.3. The van der Waals surface area contributed by atoms with Gasteiger partial charge in [-0.3, -0.25) is 13.8 Å². The van der Waals surface area contributed by atoms with Crippen LogP contribution in [-0.4, -0.2) is 91.4 Å². The molecule has 0 heterocycles. The van der Waals surface area contributed by atoms with E-state index in [9.17, 15) is 24.5 Å². The van der Waals surface area contributed by atoms with E-state index in [2.05, 4.69) is 13.8 Å². The number of quaternary nitrogens is 1. The van der Waals surface area contributed by atoms with Crippen LogP contribution in [0.25, 0.3) is 0 Å². The van der Waals surface area contributed by atoms with Crippen molar-refractivity contribution in [2.24, 2.45) is 0 Å². The third-order valence-corrected chi connectivity index (χ3v) is 9.72. The first kappa shape index (κ1) is 54.4. The monoisotopic (exact) mass is 823 g/mol. The standard InChI is InChI=1S/C46H80NO9P/c1-6-8-10-11-12-13-14-15-16-17-18-22-25-32-39-53-45(42-56-57(51,52)55-40-38-47(3,4)5)41-54-46(50)37-31-26-30-36-44(49)35-29-24-21-19-20-23-28-34-43(48)33-27-9-7-2/h9,20-21,23-24,27-30,32,34-36,39,43-45,48-49H,6-8,10-19,22,25-26,31,33,37-38,40-42H2,1-5H3/p+1/b23-20-,24-21-,27-9-,34-28+,35-29+,36-30-,39-32+/t43-,44-,45-/m1/s1. The Hall–Kier alpha value is -2.56. The Morgan fingerprint density at radius 3 is 1.93 bits per heavy atom. The van der Waals surface area contributed by atoms with Crippen molar-refractivity contribution < 1.29 is 47.5 Å². The number of phosphoric acid groups is 1. The highest BCUT2D eigenvalue weighted by Gasteiger charge is 2.25. The van der Waals surface area contributed by atoms with E-state index in [-0.39, 0.29) is 26.2 Å². The SMILES string of the molecule is CC/C=C\C[C@@H](O)/C=C/C=C\C/C=C\C=C\[C@@H](O)/C=C\CCCC(=O)OC[C@H](COP(=O)(O)OCC[N+](C)(C)C)O/C=C/CCCCCCCCCCCCCC. The number of aliphatic hydroxyl groups excluding tert-OH is 2. The zero-order valence-electron chi connectivity index (χ0n) is 36.3. The third kappa shape index (κ3) is 41.4. The van der Waals surface area contributed by atoms with Crippen LogP contribution in [0.5, 0.6) is 0 Å². The normalized spacial score (nSPS) is 15.6. The average molecular weight is 823 g/mol. The minimum atomic E-state index is -4.32. The van der Waals surface area contributed by atoms with Crippen LogP contribution in [0, 0.1) is 0 Å². The number of carbonyl (C=O) groups is 1. The van der Waals surface area contributed by atoms with Gasteiger partial charge in [0.15, 0.2) is 6.10 Å². The summed E-state index contributed by atoms with van der Waals surface area (Å²) in [6, 6.07) is 0. The maximum atomic E-state index is 12.5. The number of aliphatic hydroxyl groups is 2. The van der Waals surface area contributed by atoms with Crippen LogP contribution in [0.2, 0.25) is 0 Å². The van der Waals surface area contributed by atoms with Gasteiger partial charge in [-0.15, -0.1) is 0 Å². The smallest absolute Gasteiger partial charge is 0.472 e. The molecule has 57 heavy (non-hydrogen) atoms. The summed E-state index contributed by atoms with van der Waals surface area (Å²) in [5, 5.41) is 20.0. The molecule has 0 radical (unpaired) electrons. The van der Waals surface area contributed by atoms with Crippen molar-refractivity contribution in [3.63, 3.8) is 0 Å². The largest absolute Gasteiger partial charge is 0.492 e. The molecule has 0 saturated heterocycles. The average Bonchev–Trinajstić information content (AvgIpc) is 3.15. The molecule has 0 aromatic rings. The molecule has 10 nitrogen and oxygen atoms in total. The molecule has 4 atom stereocenters. The van der Waals surface area contributed by atoms with Crippen LogP contribution >= 0.6 is 7.82 Å². The van der Waals surface area contributed by atoms with Gasteiger partial charge >= 0.3 is 13.8 Å². The number of allylic oxidation sites excluding steroid dienone is 9. The van der Waals surface area contributed by atoms with Crippen molar-refractivity contribution in [1.29, 1.82) is 0 Å². The fraction of sp³-hybridized carbons (Fsp3) is 0.674. The van der Waals surface area contributed by atoms with Gasteiger partial charge in [-0.2, -0.15) is 0 Å².